The fourth-order valence-corrected chi connectivity index (χ4v) is 1.37. The van der Waals surface area contributed by atoms with E-state index in [1.165, 1.54) is 21.6 Å². The normalized spacial score (nSPS) is 8.86. The average Bonchev–Trinajstić information content (AvgIpc) is 1.68. The summed E-state index contributed by atoms with van der Waals surface area (Å²) in [6, 6.07) is 0. The van der Waals surface area contributed by atoms with Crippen molar-refractivity contribution in [3.8, 4) is 0 Å². The fraction of sp³-hybridized carbons (Fsp3) is 0.750. The molecule has 0 saturated carbocycles. The molecule has 0 atom stereocenters. The predicted octanol–water partition coefficient (Wildman–Crippen LogP) is 1.93. The highest BCUT2D eigenvalue weighted by atomic mass is 33.1. The van der Waals surface area contributed by atoms with E-state index in [1.54, 1.807) is 0 Å². The summed E-state index contributed by atoms with van der Waals surface area (Å²) in [5.41, 5.74) is 0. The molecule has 0 aliphatic rings. The molecule has 42 valence electrons. The minimum Gasteiger partial charge on any atom is -0.286 e. The van der Waals surface area contributed by atoms with Crippen molar-refractivity contribution >= 4 is 26.7 Å². The molecule has 0 aromatic carbocycles. The van der Waals surface area contributed by atoms with Gasteiger partial charge in [-0.05, 0) is 17.0 Å². The van der Waals surface area contributed by atoms with Crippen LogP contribution in [0.4, 0.5) is 0 Å². The molecule has 0 aromatic rings. The average molecular weight is 136 g/mol. The summed E-state index contributed by atoms with van der Waals surface area (Å²) in [7, 11) is 2.81. The van der Waals surface area contributed by atoms with Gasteiger partial charge in [-0.15, -0.1) is 0 Å². The smallest absolute Gasteiger partial charge is 0.199 e. The van der Waals surface area contributed by atoms with Gasteiger partial charge in [0.05, 0.1) is 0 Å². The Morgan fingerprint density at radius 1 is 1.71 bits per heavy atom. The molecule has 1 nitrogen and oxygen atoms in total. The maximum atomic E-state index is 10.4. The van der Waals surface area contributed by atoms with E-state index in [0.717, 1.165) is 0 Å². The number of hydrogen-bond donors (Lipinski definition) is 0. The van der Waals surface area contributed by atoms with E-state index in [9.17, 15) is 4.79 Å². The molecule has 3 heteroatoms. The molecule has 0 rings (SSSR count). The molecule has 0 spiro atoms. The second-order valence-electron chi connectivity index (χ2n) is 0.976. The SMILES string of the molecule is CCC(=O)SSC. The Morgan fingerprint density at radius 2 is 2.29 bits per heavy atom. The Hall–Kier alpha value is 0.370. The molecule has 0 aliphatic carbocycles. The van der Waals surface area contributed by atoms with E-state index in [0.29, 0.717) is 6.42 Å². The zero-order chi connectivity index (χ0) is 5.70. The van der Waals surface area contributed by atoms with Crippen LogP contribution in [-0.2, 0) is 4.79 Å². The summed E-state index contributed by atoms with van der Waals surface area (Å²) in [4.78, 5) is 10.4. The molecule has 0 saturated heterocycles. The number of rotatable bonds is 2. The summed E-state index contributed by atoms with van der Waals surface area (Å²) >= 11 is 0. The van der Waals surface area contributed by atoms with Crippen LogP contribution in [0.3, 0.4) is 0 Å². The molecule has 0 radical (unpaired) electrons. The van der Waals surface area contributed by atoms with E-state index >= 15 is 0 Å². The highest BCUT2D eigenvalue weighted by Gasteiger charge is 1.93. The van der Waals surface area contributed by atoms with E-state index in [2.05, 4.69) is 0 Å². The molecule has 0 fully saturated rings. The summed E-state index contributed by atoms with van der Waals surface area (Å²) in [6.45, 7) is 1.87. The zero-order valence-electron chi connectivity index (χ0n) is 4.43. The van der Waals surface area contributed by atoms with Gasteiger partial charge in [0.15, 0.2) is 5.12 Å². The molecule has 0 amide bonds. The van der Waals surface area contributed by atoms with Gasteiger partial charge in [-0.1, -0.05) is 17.7 Å². The molecular weight excluding hydrogens is 128 g/mol. The van der Waals surface area contributed by atoms with Gasteiger partial charge in [0, 0.05) is 6.42 Å². The first-order chi connectivity index (χ1) is 3.31. The summed E-state index contributed by atoms with van der Waals surface area (Å²) in [5.74, 6) is 0. The van der Waals surface area contributed by atoms with Gasteiger partial charge >= 0.3 is 0 Å². The lowest BCUT2D eigenvalue weighted by molar-refractivity contribution is -0.110. The zero-order valence-corrected chi connectivity index (χ0v) is 6.06. The highest BCUT2D eigenvalue weighted by molar-refractivity contribution is 8.82. The largest absolute Gasteiger partial charge is 0.286 e. The monoisotopic (exact) mass is 136 g/mol. The van der Waals surface area contributed by atoms with Crippen LogP contribution < -0.4 is 0 Å². The second-order valence-corrected chi connectivity index (χ2v) is 3.43. The molecule has 0 bridgehead atoms. The topological polar surface area (TPSA) is 17.1 Å². The van der Waals surface area contributed by atoms with Gasteiger partial charge in [-0.25, -0.2) is 0 Å². The predicted molar refractivity (Wildman–Crippen MR) is 36.4 cm³/mol. The Kier molecular flexibility index (Phi) is 4.77. The maximum Gasteiger partial charge on any atom is 0.199 e. The van der Waals surface area contributed by atoms with E-state index in [1.807, 2.05) is 13.2 Å². The molecular formula is C4H8OS2. The van der Waals surface area contributed by atoms with Crippen LogP contribution in [0.25, 0.3) is 0 Å². The van der Waals surface area contributed by atoms with E-state index < -0.39 is 0 Å². The van der Waals surface area contributed by atoms with Gasteiger partial charge in [0.25, 0.3) is 0 Å². The van der Waals surface area contributed by atoms with Crippen molar-refractivity contribution in [2.75, 3.05) is 6.26 Å². The third-order valence-electron chi connectivity index (χ3n) is 0.465. The first-order valence-electron chi connectivity index (χ1n) is 2.04. The standard InChI is InChI=1S/C4H8OS2/c1-3-4(5)7-6-2/h3H2,1-2H3. The van der Waals surface area contributed by atoms with Crippen molar-refractivity contribution in [3.05, 3.63) is 0 Å². The third-order valence-corrected chi connectivity index (χ3v) is 2.16. The summed E-state index contributed by atoms with van der Waals surface area (Å²) < 4.78 is 0. The van der Waals surface area contributed by atoms with E-state index in [-0.39, 0.29) is 5.12 Å². The van der Waals surface area contributed by atoms with Crippen LogP contribution in [0.2, 0.25) is 0 Å². The first kappa shape index (κ1) is 7.37. The summed E-state index contributed by atoms with van der Waals surface area (Å²) in [5, 5.41) is 0.257. The number of carbonyl (C=O) groups excluding carboxylic acids is 1. The van der Waals surface area contributed by atoms with Gasteiger partial charge in [0.2, 0.25) is 0 Å². The van der Waals surface area contributed by atoms with Crippen molar-refractivity contribution in [1.29, 1.82) is 0 Å². The molecule has 0 heterocycles. The Labute approximate surface area is 51.6 Å². The van der Waals surface area contributed by atoms with Gasteiger partial charge in [-0.3, -0.25) is 4.79 Å². The van der Waals surface area contributed by atoms with Crippen molar-refractivity contribution in [1.82, 2.24) is 0 Å². The lowest BCUT2D eigenvalue weighted by Crippen LogP contribution is -1.80. The second kappa shape index (κ2) is 4.53. The van der Waals surface area contributed by atoms with Crippen molar-refractivity contribution in [2.24, 2.45) is 0 Å². The quantitative estimate of drug-likeness (QED) is 0.540. The van der Waals surface area contributed by atoms with Crippen LogP contribution in [0.5, 0.6) is 0 Å². The molecule has 0 N–H and O–H groups in total. The van der Waals surface area contributed by atoms with Gasteiger partial charge < -0.3 is 0 Å². The Balaban J connectivity index is 3.00. The number of carbonyl (C=O) groups is 1. The molecule has 7 heavy (non-hydrogen) atoms. The third kappa shape index (κ3) is 4.22. The minimum absolute atomic E-state index is 0.257. The van der Waals surface area contributed by atoms with Crippen LogP contribution in [0.1, 0.15) is 13.3 Å². The molecule has 0 aromatic heterocycles. The lowest BCUT2D eigenvalue weighted by Gasteiger charge is -1.86. The van der Waals surface area contributed by atoms with Crippen molar-refractivity contribution < 1.29 is 4.79 Å². The van der Waals surface area contributed by atoms with Crippen molar-refractivity contribution in [2.45, 2.75) is 13.3 Å². The van der Waals surface area contributed by atoms with Gasteiger partial charge in [-0.2, -0.15) is 0 Å². The van der Waals surface area contributed by atoms with Crippen LogP contribution in [0, 0.1) is 0 Å². The molecule has 0 unspecified atom stereocenters. The maximum absolute atomic E-state index is 10.4. The van der Waals surface area contributed by atoms with Crippen LogP contribution in [-0.4, -0.2) is 11.4 Å². The van der Waals surface area contributed by atoms with Crippen molar-refractivity contribution in [3.63, 3.8) is 0 Å². The first-order valence-corrected chi connectivity index (χ1v) is 4.60. The van der Waals surface area contributed by atoms with Crippen LogP contribution in [0.15, 0.2) is 0 Å². The summed E-state index contributed by atoms with van der Waals surface area (Å²) in [6.07, 6.45) is 2.55. The Morgan fingerprint density at radius 3 is 2.43 bits per heavy atom. The van der Waals surface area contributed by atoms with Crippen LogP contribution >= 0.6 is 21.6 Å². The highest BCUT2D eigenvalue weighted by Crippen LogP contribution is 2.18. The van der Waals surface area contributed by atoms with E-state index in [4.69, 9.17) is 0 Å². The lowest BCUT2D eigenvalue weighted by atomic mass is 10.6. The number of hydrogen-bond acceptors (Lipinski definition) is 3. The minimum atomic E-state index is 0.257. The van der Waals surface area contributed by atoms with Gasteiger partial charge in [0.1, 0.15) is 0 Å². The fourth-order valence-electron chi connectivity index (χ4n) is 0.152. The molecule has 0 aliphatic heterocycles. The Bertz CT molecular complexity index is 62.7.